The van der Waals surface area contributed by atoms with Crippen molar-refractivity contribution in [3.63, 3.8) is 0 Å². The van der Waals surface area contributed by atoms with Crippen LogP contribution in [0.1, 0.15) is 10.4 Å². The summed E-state index contributed by atoms with van der Waals surface area (Å²) in [5, 5.41) is 3.63. The van der Waals surface area contributed by atoms with Gasteiger partial charge in [-0.2, -0.15) is 0 Å². The molecule has 0 fully saturated rings. The average molecular weight is 326 g/mol. The highest BCUT2D eigenvalue weighted by Gasteiger charge is 2.13. The highest BCUT2D eigenvalue weighted by Crippen LogP contribution is 2.36. The van der Waals surface area contributed by atoms with Gasteiger partial charge in [-0.15, -0.1) is 0 Å². The smallest absolute Gasteiger partial charge is 0.255 e. The Hall–Kier alpha value is -1.91. The Morgan fingerprint density at radius 1 is 1.05 bits per heavy atom. The van der Waals surface area contributed by atoms with Crippen molar-refractivity contribution < 1.29 is 14.3 Å². The lowest BCUT2D eigenvalue weighted by Crippen LogP contribution is -2.12. The molecular weight excluding hydrogens is 313 g/mol. The van der Waals surface area contributed by atoms with Gasteiger partial charge in [0, 0.05) is 22.7 Å². The number of hydrogen-bond acceptors (Lipinski definition) is 3. The van der Waals surface area contributed by atoms with Crippen LogP contribution in [0.15, 0.2) is 36.4 Å². The van der Waals surface area contributed by atoms with Crippen LogP contribution in [0.25, 0.3) is 0 Å². The lowest BCUT2D eigenvalue weighted by molar-refractivity contribution is 0.102. The molecule has 0 spiro atoms. The molecule has 0 atom stereocenters. The van der Waals surface area contributed by atoms with Gasteiger partial charge < -0.3 is 14.8 Å². The molecule has 2 aromatic carbocycles. The molecule has 6 heteroatoms. The van der Waals surface area contributed by atoms with Crippen molar-refractivity contribution in [2.24, 2.45) is 0 Å². The predicted molar refractivity (Wildman–Crippen MR) is 84.0 cm³/mol. The van der Waals surface area contributed by atoms with Gasteiger partial charge in [-0.05, 0) is 18.2 Å². The van der Waals surface area contributed by atoms with Crippen LogP contribution in [-0.4, -0.2) is 20.1 Å². The Balaban J connectivity index is 2.32. The second-order valence-electron chi connectivity index (χ2n) is 4.15. The van der Waals surface area contributed by atoms with Crippen molar-refractivity contribution in [3.8, 4) is 11.5 Å². The predicted octanol–water partition coefficient (Wildman–Crippen LogP) is 4.26. The molecule has 1 N–H and O–H groups in total. The first kappa shape index (κ1) is 15.5. The molecule has 0 aliphatic heterocycles. The molecule has 0 saturated carbocycles. The topological polar surface area (TPSA) is 47.6 Å². The van der Waals surface area contributed by atoms with Crippen molar-refractivity contribution in [1.29, 1.82) is 0 Å². The molecule has 1 amide bonds. The highest BCUT2D eigenvalue weighted by atomic mass is 35.5. The molecule has 21 heavy (non-hydrogen) atoms. The molecule has 0 aliphatic carbocycles. The molecule has 0 saturated heterocycles. The van der Waals surface area contributed by atoms with Gasteiger partial charge in [0.05, 0.1) is 24.9 Å². The van der Waals surface area contributed by atoms with E-state index in [0.717, 1.165) is 0 Å². The van der Waals surface area contributed by atoms with E-state index in [1.165, 1.54) is 14.2 Å². The molecule has 2 aromatic rings. The van der Waals surface area contributed by atoms with Gasteiger partial charge >= 0.3 is 0 Å². The van der Waals surface area contributed by atoms with E-state index < -0.39 is 0 Å². The third kappa shape index (κ3) is 3.60. The summed E-state index contributed by atoms with van der Waals surface area (Å²) < 4.78 is 10.3. The minimum absolute atomic E-state index is 0.305. The van der Waals surface area contributed by atoms with Crippen LogP contribution < -0.4 is 14.8 Å². The third-order valence-electron chi connectivity index (χ3n) is 2.81. The number of anilines is 1. The number of amides is 1. The maximum Gasteiger partial charge on any atom is 0.255 e. The number of hydrogen-bond donors (Lipinski definition) is 1. The number of carbonyl (C=O) groups is 1. The van der Waals surface area contributed by atoms with Crippen LogP contribution in [0.2, 0.25) is 10.0 Å². The number of ether oxygens (including phenoxy) is 2. The van der Waals surface area contributed by atoms with Gasteiger partial charge in [-0.25, -0.2) is 0 Å². The van der Waals surface area contributed by atoms with Gasteiger partial charge in [0.1, 0.15) is 11.5 Å². The zero-order chi connectivity index (χ0) is 15.4. The summed E-state index contributed by atoms with van der Waals surface area (Å²) >= 11 is 11.9. The minimum atomic E-state index is -0.305. The van der Waals surface area contributed by atoms with Gasteiger partial charge in [-0.1, -0.05) is 29.3 Å². The normalized spacial score (nSPS) is 10.1. The monoisotopic (exact) mass is 325 g/mol. The van der Waals surface area contributed by atoms with Crippen LogP contribution in [0.5, 0.6) is 11.5 Å². The van der Waals surface area contributed by atoms with Crippen molar-refractivity contribution in [2.45, 2.75) is 0 Å². The second kappa shape index (κ2) is 6.70. The Morgan fingerprint density at radius 3 is 2.38 bits per heavy atom. The lowest BCUT2D eigenvalue weighted by Gasteiger charge is -2.13. The van der Waals surface area contributed by atoms with Gasteiger partial charge in [0.2, 0.25) is 0 Å². The first-order chi connectivity index (χ1) is 10.0. The van der Waals surface area contributed by atoms with Crippen LogP contribution in [0.3, 0.4) is 0 Å². The quantitative estimate of drug-likeness (QED) is 0.913. The number of halogens is 2. The van der Waals surface area contributed by atoms with Crippen molar-refractivity contribution in [1.82, 2.24) is 0 Å². The molecule has 0 radical (unpaired) electrons. The SMILES string of the molecule is COc1cc(NC(=O)c2cccc(Cl)c2)c(OC)cc1Cl. The Morgan fingerprint density at radius 2 is 1.76 bits per heavy atom. The fourth-order valence-corrected chi connectivity index (χ4v) is 2.20. The number of nitrogens with one attached hydrogen (secondary N) is 1. The van der Waals surface area contributed by atoms with E-state index in [2.05, 4.69) is 5.32 Å². The molecular formula is C15H13Cl2NO3. The van der Waals surface area contributed by atoms with Crippen LogP contribution in [0.4, 0.5) is 5.69 Å². The molecule has 2 rings (SSSR count). The Kier molecular flexibility index (Phi) is 4.94. The maximum absolute atomic E-state index is 12.2. The lowest BCUT2D eigenvalue weighted by atomic mass is 10.2. The molecule has 4 nitrogen and oxygen atoms in total. The van der Waals surface area contributed by atoms with E-state index >= 15 is 0 Å². The highest BCUT2D eigenvalue weighted by molar-refractivity contribution is 6.32. The first-order valence-corrected chi connectivity index (χ1v) is 6.79. The second-order valence-corrected chi connectivity index (χ2v) is 5.00. The number of methoxy groups -OCH3 is 2. The van der Waals surface area contributed by atoms with Crippen LogP contribution >= 0.6 is 23.2 Å². The van der Waals surface area contributed by atoms with E-state index in [1.54, 1.807) is 36.4 Å². The number of carbonyl (C=O) groups excluding carboxylic acids is 1. The number of rotatable bonds is 4. The van der Waals surface area contributed by atoms with Gasteiger partial charge in [-0.3, -0.25) is 4.79 Å². The van der Waals surface area contributed by atoms with E-state index in [1.807, 2.05) is 0 Å². The zero-order valence-electron chi connectivity index (χ0n) is 11.4. The molecule has 0 bridgehead atoms. The Bertz CT molecular complexity index is 674. The van der Waals surface area contributed by atoms with Crippen molar-refractivity contribution in [2.75, 3.05) is 19.5 Å². The standard InChI is InChI=1S/C15H13Cl2NO3/c1-20-13-8-12(14(21-2)7-11(13)17)18-15(19)9-4-3-5-10(16)6-9/h3-8H,1-2H3,(H,18,19). The fraction of sp³-hybridized carbons (Fsp3) is 0.133. The summed E-state index contributed by atoms with van der Waals surface area (Å²) in [6, 6.07) is 9.83. The average Bonchev–Trinajstić information content (AvgIpc) is 2.48. The molecule has 0 heterocycles. The van der Waals surface area contributed by atoms with E-state index in [9.17, 15) is 4.79 Å². The molecule has 110 valence electrons. The summed E-state index contributed by atoms with van der Waals surface area (Å²) in [4.78, 5) is 12.2. The van der Waals surface area contributed by atoms with E-state index in [-0.39, 0.29) is 5.91 Å². The Labute approximate surface area is 132 Å². The van der Waals surface area contributed by atoms with Gasteiger partial charge in [0.15, 0.2) is 0 Å². The van der Waals surface area contributed by atoms with E-state index in [4.69, 9.17) is 32.7 Å². The van der Waals surface area contributed by atoms with Gasteiger partial charge in [0.25, 0.3) is 5.91 Å². The van der Waals surface area contributed by atoms with Crippen molar-refractivity contribution in [3.05, 3.63) is 52.0 Å². The fourth-order valence-electron chi connectivity index (χ4n) is 1.78. The van der Waals surface area contributed by atoms with Crippen molar-refractivity contribution >= 4 is 34.8 Å². The zero-order valence-corrected chi connectivity index (χ0v) is 13.0. The number of benzene rings is 2. The molecule has 0 aromatic heterocycles. The largest absolute Gasteiger partial charge is 0.495 e. The third-order valence-corrected chi connectivity index (χ3v) is 3.34. The minimum Gasteiger partial charge on any atom is -0.495 e. The molecule has 0 aliphatic rings. The van der Waals surface area contributed by atoms with E-state index in [0.29, 0.717) is 32.8 Å². The first-order valence-electron chi connectivity index (χ1n) is 6.03. The maximum atomic E-state index is 12.2. The summed E-state index contributed by atoms with van der Waals surface area (Å²) in [7, 11) is 2.99. The van der Waals surface area contributed by atoms with Crippen LogP contribution in [0, 0.1) is 0 Å². The van der Waals surface area contributed by atoms with Crippen LogP contribution in [-0.2, 0) is 0 Å². The summed E-state index contributed by atoms with van der Waals surface area (Å²) in [5.41, 5.74) is 0.905. The summed E-state index contributed by atoms with van der Waals surface area (Å²) in [6.07, 6.45) is 0. The summed E-state index contributed by atoms with van der Waals surface area (Å²) in [5.74, 6) is 0.579. The summed E-state index contributed by atoms with van der Waals surface area (Å²) in [6.45, 7) is 0. The molecule has 0 unspecified atom stereocenters.